The molecule has 0 spiro atoms. The van der Waals surface area contributed by atoms with E-state index >= 15 is 0 Å². The number of hydrogen-bond acceptors (Lipinski definition) is 1. The summed E-state index contributed by atoms with van der Waals surface area (Å²) in [6.45, 7) is 0.370. The van der Waals surface area contributed by atoms with Crippen LogP contribution in [0.2, 0.25) is 0 Å². The third-order valence-corrected chi connectivity index (χ3v) is 4.04. The molecule has 1 fully saturated rings. The first kappa shape index (κ1) is 15.8. The van der Waals surface area contributed by atoms with Gasteiger partial charge in [-0.25, -0.2) is 0 Å². The van der Waals surface area contributed by atoms with Gasteiger partial charge < -0.3 is 5.11 Å². The summed E-state index contributed by atoms with van der Waals surface area (Å²) in [5.41, 5.74) is 1.74. The normalized spacial score (nSPS) is 15.9. The zero-order valence-electron chi connectivity index (χ0n) is 12.1. The molecule has 1 aliphatic carbocycles. The summed E-state index contributed by atoms with van der Waals surface area (Å²) in [4.78, 5) is 0. The molecule has 18 heavy (non-hydrogen) atoms. The lowest BCUT2D eigenvalue weighted by Gasteiger charge is -2.13. The molecule has 0 amide bonds. The Balaban J connectivity index is 1.80. The number of unbranched alkanes of at least 4 members (excludes halogenated alkanes) is 8. The molecule has 1 heteroatoms. The van der Waals surface area contributed by atoms with Crippen molar-refractivity contribution in [3.05, 3.63) is 11.6 Å². The third kappa shape index (κ3) is 8.74. The number of aliphatic hydroxyl groups excluding tert-OH is 1. The van der Waals surface area contributed by atoms with Gasteiger partial charge in [-0.1, -0.05) is 56.6 Å². The second-order valence-corrected chi connectivity index (χ2v) is 5.76. The molecular weight excluding hydrogens is 220 g/mol. The van der Waals surface area contributed by atoms with Crippen LogP contribution in [0.4, 0.5) is 0 Å². The molecule has 1 N–H and O–H groups in total. The summed E-state index contributed by atoms with van der Waals surface area (Å²) in [5.74, 6) is 0. The number of aliphatic hydroxyl groups is 1. The van der Waals surface area contributed by atoms with Gasteiger partial charge in [-0.15, -0.1) is 0 Å². The van der Waals surface area contributed by atoms with Crippen molar-refractivity contribution >= 4 is 0 Å². The highest BCUT2D eigenvalue weighted by Gasteiger charge is 2.03. The van der Waals surface area contributed by atoms with Crippen LogP contribution >= 0.6 is 0 Å². The molecule has 1 aliphatic rings. The molecule has 0 unspecified atom stereocenters. The smallest absolute Gasteiger partial charge is 0.0431 e. The standard InChI is InChI=1S/C17H32O/c18-16-12-7-5-3-1-2-4-6-9-13-17-14-10-8-11-15-17/h13,18H,1-12,14-16H2. The highest BCUT2D eigenvalue weighted by molar-refractivity contribution is 5.03. The minimum atomic E-state index is 0.370. The van der Waals surface area contributed by atoms with Crippen LogP contribution in [-0.4, -0.2) is 11.7 Å². The maximum absolute atomic E-state index is 8.67. The van der Waals surface area contributed by atoms with E-state index in [0.29, 0.717) is 6.61 Å². The third-order valence-electron chi connectivity index (χ3n) is 4.04. The van der Waals surface area contributed by atoms with Crippen LogP contribution in [0.3, 0.4) is 0 Å². The Bertz CT molecular complexity index is 200. The molecule has 0 atom stereocenters. The van der Waals surface area contributed by atoms with Gasteiger partial charge in [0.1, 0.15) is 0 Å². The van der Waals surface area contributed by atoms with E-state index in [0.717, 1.165) is 6.42 Å². The summed E-state index contributed by atoms with van der Waals surface area (Å²) in [6, 6.07) is 0. The lowest BCUT2D eigenvalue weighted by atomic mass is 9.94. The molecule has 0 saturated heterocycles. The van der Waals surface area contributed by atoms with Crippen LogP contribution < -0.4 is 0 Å². The quantitative estimate of drug-likeness (QED) is 0.409. The zero-order valence-corrected chi connectivity index (χ0v) is 12.1. The predicted molar refractivity (Wildman–Crippen MR) is 79.8 cm³/mol. The Kier molecular flexibility index (Phi) is 10.3. The van der Waals surface area contributed by atoms with Crippen molar-refractivity contribution < 1.29 is 5.11 Å². The Labute approximate surface area is 114 Å². The molecule has 0 heterocycles. The second kappa shape index (κ2) is 11.8. The van der Waals surface area contributed by atoms with E-state index in [1.54, 1.807) is 5.57 Å². The van der Waals surface area contributed by atoms with Crippen molar-refractivity contribution in [2.75, 3.05) is 6.61 Å². The van der Waals surface area contributed by atoms with Gasteiger partial charge in [0.25, 0.3) is 0 Å². The van der Waals surface area contributed by atoms with E-state index in [1.807, 2.05) is 0 Å². The Morgan fingerprint density at radius 3 is 1.89 bits per heavy atom. The van der Waals surface area contributed by atoms with Gasteiger partial charge in [0.2, 0.25) is 0 Å². The molecule has 1 saturated carbocycles. The van der Waals surface area contributed by atoms with E-state index < -0.39 is 0 Å². The van der Waals surface area contributed by atoms with Crippen LogP contribution in [0, 0.1) is 0 Å². The summed E-state index contributed by atoms with van der Waals surface area (Å²) >= 11 is 0. The monoisotopic (exact) mass is 252 g/mol. The Morgan fingerprint density at radius 1 is 0.722 bits per heavy atom. The fourth-order valence-corrected chi connectivity index (χ4v) is 2.83. The van der Waals surface area contributed by atoms with E-state index in [9.17, 15) is 0 Å². The van der Waals surface area contributed by atoms with Crippen molar-refractivity contribution in [3.8, 4) is 0 Å². The summed E-state index contributed by atoms with van der Waals surface area (Å²) in [5, 5.41) is 8.67. The van der Waals surface area contributed by atoms with Gasteiger partial charge in [-0.05, 0) is 44.9 Å². The summed E-state index contributed by atoms with van der Waals surface area (Å²) < 4.78 is 0. The molecule has 0 aliphatic heterocycles. The topological polar surface area (TPSA) is 20.2 Å². The minimum Gasteiger partial charge on any atom is -0.396 e. The zero-order chi connectivity index (χ0) is 12.9. The number of rotatable bonds is 10. The molecule has 0 aromatic carbocycles. The highest BCUT2D eigenvalue weighted by atomic mass is 16.2. The van der Waals surface area contributed by atoms with Crippen LogP contribution in [0.25, 0.3) is 0 Å². The SMILES string of the molecule is OCCCCCCCCCCC=C1CCCCC1. The lowest BCUT2D eigenvalue weighted by Crippen LogP contribution is -1.93. The van der Waals surface area contributed by atoms with Crippen molar-refractivity contribution in [1.82, 2.24) is 0 Å². The summed E-state index contributed by atoms with van der Waals surface area (Å²) in [7, 11) is 0. The van der Waals surface area contributed by atoms with E-state index in [-0.39, 0.29) is 0 Å². The van der Waals surface area contributed by atoms with Gasteiger partial charge in [-0.2, -0.15) is 0 Å². The minimum absolute atomic E-state index is 0.370. The van der Waals surface area contributed by atoms with Gasteiger partial charge in [-0.3, -0.25) is 0 Å². The maximum atomic E-state index is 8.67. The van der Waals surface area contributed by atoms with Crippen LogP contribution in [0.15, 0.2) is 11.6 Å². The molecule has 106 valence electrons. The molecular formula is C17H32O. The first-order chi connectivity index (χ1) is 8.93. The van der Waals surface area contributed by atoms with Crippen molar-refractivity contribution in [1.29, 1.82) is 0 Å². The van der Waals surface area contributed by atoms with Crippen molar-refractivity contribution in [2.45, 2.75) is 89.9 Å². The Hall–Kier alpha value is -0.300. The van der Waals surface area contributed by atoms with Crippen molar-refractivity contribution in [2.24, 2.45) is 0 Å². The maximum Gasteiger partial charge on any atom is 0.0431 e. The fraction of sp³-hybridized carbons (Fsp3) is 0.882. The first-order valence-electron chi connectivity index (χ1n) is 8.22. The van der Waals surface area contributed by atoms with Gasteiger partial charge in [0.15, 0.2) is 0 Å². The molecule has 1 rings (SSSR count). The van der Waals surface area contributed by atoms with Crippen LogP contribution in [0.5, 0.6) is 0 Å². The first-order valence-corrected chi connectivity index (χ1v) is 8.22. The highest BCUT2D eigenvalue weighted by Crippen LogP contribution is 2.23. The summed E-state index contributed by atoms with van der Waals surface area (Å²) in [6.07, 6.45) is 21.4. The van der Waals surface area contributed by atoms with E-state index in [4.69, 9.17) is 5.11 Å². The molecule has 0 radical (unpaired) electrons. The Morgan fingerprint density at radius 2 is 1.28 bits per heavy atom. The largest absolute Gasteiger partial charge is 0.396 e. The van der Waals surface area contributed by atoms with Gasteiger partial charge >= 0.3 is 0 Å². The number of allylic oxidation sites excluding steroid dienone is 2. The second-order valence-electron chi connectivity index (χ2n) is 5.76. The lowest BCUT2D eigenvalue weighted by molar-refractivity contribution is 0.282. The fourth-order valence-electron chi connectivity index (χ4n) is 2.83. The van der Waals surface area contributed by atoms with E-state index in [2.05, 4.69) is 6.08 Å². The van der Waals surface area contributed by atoms with E-state index in [1.165, 1.54) is 83.5 Å². The average Bonchev–Trinajstić information content (AvgIpc) is 2.42. The van der Waals surface area contributed by atoms with Crippen molar-refractivity contribution in [3.63, 3.8) is 0 Å². The van der Waals surface area contributed by atoms with Gasteiger partial charge in [0, 0.05) is 6.61 Å². The molecule has 0 bridgehead atoms. The predicted octanol–water partition coefficient (Wildman–Crippen LogP) is 5.38. The van der Waals surface area contributed by atoms with Crippen LogP contribution in [-0.2, 0) is 0 Å². The molecule has 1 nitrogen and oxygen atoms in total. The number of hydrogen-bond donors (Lipinski definition) is 1. The molecule has 0 aromatic heterocycles. The van der Waals surface area contributed by atoms with Gasteiger partial charge in [0.05, 0.1) is 0 Å². The molecule has 0 aromatic rings. The average molecular weight is 252 g/mol. The van der Waals surface area contributed by atoms with Crippen LogP contribution in [0.1, 0.15) is 89.9 Å².